The van der Waals surface area contributed by atoms with Gasteiger partial charge >= 0.3 is 0 Å². The van der Waals surface area contributed by atoms with Gasteiger partial charge < -0.3 is 10.6 Å². The number of halogens is 1. The second-order valence-corrected chi connectivity index (χ2v) is 6.39. The van der Waals surface area contributed by atoms with Crippen molar-refractivity contribution < 1.29 is 4.79 Å². The molecule has 1 aliphatic carbocycles. The van der Waals surface area contributed by atoms with E-state index >= 15 is 0 Å². The summed E-state index contributed by atoms with van der Waals surface area (Å²) in [7, 11) is 1.75. The molecule has 0 radical (unpaired) electrons. The highest BCUT2D eigenvalue weighted by Gasteiger charge is 2.18. The van der Waals surface area contributed by atoms with Crippen LogP contribution in [0.15, 0.2) is 12.3 Å². The van der Waals surface area contributed by atoms with E-state index in [-0.39, 0.29) is 5.91 Å². The number of carbonyl (C=O) groups excluding carboxylic acids is 1. The molecule has 116 valence electrons. The zero-order valence-electron chi connectivity index (χ0n) is 12.8. The first-order valence-corrected chi connectivity index (χ1v) is 8.09. The number of hydrogen-bond donors (Lipinski definition) is 2. The number of pyridine rings is 1. The van der Waals surface area contributed by atoms with E-state index < -0.39 is 0 Å². The Labute approximate surface area is 131 Å². The average Bonchev–Trinajstić information content (AvgIpc) is 2.47. The van der Waals surface area contributed by atoms with Gasteiger partial charge in [0.25, 0.3) is 5.91 Å². The van der Waals surface area contributed by atoms with Crippen molar-refractivity contribution in [2.45, 2.75) is 39.0 Å². The van der Waals surface area contributed by atoms with E-state index in [2.05, 4.69) is 22.5 Å². The highest BCUT2D eigenvalue weighted by atomic mass is 35.5. The van der Waals surface area contributed by atoms with Crippen LogP contribution in [0.4, 0.5) is 5.82 Å². The molecule has 2 N–H and O–H groups in total. The lowest BCUT2D eigenvalue weighted by atomic mass is 9.81. The van der Waals surface area contributed by atoms with Crippen molar-refractivity contribution >= 4 is 23.3 Å². The molecule has 0 aromatic carbocycles. The van der Waals surface area contributed by atoms with Crippen molar-refractivity contribution in [2.24, 2.45) is 11.8 Å². The van der Waals surface area contributed by atoms with Gasteiger partial charge in [-0.25, -0.2) is 4.98 Å². The summed E-state index contributed by atoms with van der Waals surface area (Å²) in [5.74, 6) is 2.07. The molecule has 21 heavy (non-hydrogen) atoms. The zero-order chi connectivity index (χ0) is 15.2. The Hall–Kier alpha value is -1.29. The number of aromatic nitrogens is 1. The molecule has 4 nitrogen and oxygen atoms in total. The summed E-state index contributed by atoms with van der Waals surface area (Å²) < 4.78 is 0. The normalized spacial score (nSPS) is 21.9. The molecule has 5 heteroatoms. The fraction of sp³-hybridized carbons (Fsp3) is 0.625. The Morgan fingerprint density at radius 2 is 2.29 bits per heavy atom. The van der Waals surface area contributed by atoms with Crippen LogP contribution in [0.25, 0.3) is 0 Å². The second kappa shape index (κ2) is 7.64. The molecule has 0 spiro atoms. The molecule has 2 atom stereocenters. The summed E-state index contributed by atoms with van der Waals surface area (Å²) in [5, 5.41) is 6.31. The average molecular weight is 310 g/mol. The smallest absolute Gasteiger partial charge is 0.252 e. The van der Waals surface area contributed by atoms with Crippen molar-refractivity contribution in [1.29, 1.82) is 0 Å². The number of nitrogens with zero attached hydrogens (tertiary/aromatic N) is 1. The van der Waals surface area contributed by atoms with Crippen molar-refractivity contribution in [2.75, 3.05) is 18.9 Å². The van der Waals surface area contributed by atoms with Gasteiger partial charge in [0.05, 0.1) is 10.6 Å². The molecule has 1 heterocycles. The maximum Gasteiger partial charge on any atom is 0.252 e. The predicted molar refractivity (Wildman–Crippen MR) is 86.9 cm³/mol. The minimum Gasteiger partial charge on any atom is -0.372 e. The van der Waals surface area contributed by atoms with Gasteiger partial charge in [0.15, 0.2) is 0 Å². The first-order valence-electron chi connectivity index (χ1n) is 7.71. The summed E-state index contributed by atoms with van der Waals surface area (Å²) in [4.78, 5) is 16.2. The molecule has 1 amide bonds. The molecule has 1 aromatic heterocycles. The molecular formula is C16H24ClN3O. The minimum absolute atomic E-state index is 0.101. The van der Waals surface area contributed by atoms with Gasteiger partial charge in [0.2, 0.25) is 0 Å². The highest BCUT2D eigenvalue weighted by molar-refractivity contribution is 6.33. The fourth-order valence-corrected chi connectivity index (χ4v) is 3.32. The number of nitrogens with one attached hydrogen (secondary N) is 2. The van der Waals surface area contributed by atoms with E-state index in [1.54, 1.807) is 19.3 Å². The van der Waals surface area contributed by atoms with Gasteiger partial charge in [-0.05, 0) is 30.7 Å². The first kappa shape index (κ1) is 16.1. The standard InChI is InChI=1S/C16H24ClN3O/c1-11-4-3-5-12(8-11)6-7-19-16(21)13-9-14(17)15(18-2)20-10-13/h9-12H,3-8H2,1-2H3,(H,18,20)(H,19,21). The van der Waals surface area contributed by atoms with Crippen molar-refractivity contribution in [3.63, 3.8) is 0 Å². The van der Waals surface area contributed by atoms with Gasteiger partial charge in [-0.3, -0.25) is 4.79 Å². The molecular weight excluding hydrogens is 286 g/mol. The summed E-state index contributed by atoms with van der Waals surface area (Å²) in [6.07, 6.45) is 7.88. The summed E-state index contributed by atoms with van der Waals surface area (Å²) in [5.41, 5.74) is 0.510. The lowest BCUT2D eigenvalue weighted by Gasteiger charge is -2.26. The third kappa shape index (κ3) is 4.60. The van der Waals surface area contributed by atoms with Crippen LogP contribution in [-0.4, -0.2) is 24.5 Å². The van der Waals surface area contributed by atoms with Gasteiger partial charge in [0, 0.05) is 19.8 Å². The van der Waals surface area contributed by atoms with Crippen LogP contribution in [0, 0.1) is 11.8 Å². The van der Waals surface area contributed by atoms with Gasteiger partial charge in [-0.2, -0.15) is 0 Å². The zero-order valence-corrected chi connectivity index (χ0v) is 13.5. The van der Waals surface area contributed by atoms with E-state index in [0.29, 0.717) is 16.4 Å². The molecule has 2 rings (SSSR count). The summed E-state index contributed by atoms with van der Waals surface area (Å²) in [6, 6.07) is 1.65. The highest BCUT2D eigenvalue weighted by Crippen LogP contribution is 2.30. The summed E-state index contributed by atoms with van der Waals surface area (Å²) >= 11 is 6.04. The van der Waals surface area contributed by atoms with Crippen LogP contribution in [-0.2, 0) is 0 Å². The van der Waals surface area contributed by atoms with Crippen LogP contribution in [0.2, 0.25) is 5.02 Å². The Balaban J connectivity index is 1.80. The Bertz CT molecular complexity index is 492. The fourth-order valence-electron chi connectivity index (χ4n) is 3.06. The van der Waals surface area contributed by atoms with Crippen LogP contribution in [0.5, 0.6) is 0 Å². The Morgan fingerprint density at radius 1 is 1.48 bits per heavy atom. The topological polar surface area (TPSA) is 54.0 Å². The number of amides is 1. The van der Waals surface area contributed by atoms with Crippen LogP contribution in [0.1, 0.15) is 49.4 Å². The van der Waals surface area contributed by atoms with E-state index in [4.69, 9.17) is 11.6 Å². The van der Waals surface area contributed by atoms with E-state index in [0.717, 1.165) is 24.8 Å². The number of carbonyl (C=O) groups is 1. The van der Waals surface area contributed by atoms with Gasteiger partial charge in [0.1, 0.15) is 5.82 Å². The van der Waals surface area contributed by atoms with E-state index in [1.807, 2.05) is 0 Å². The van der Waals surface area contributed by atoms with Gasteiger partial charge in [-0.15, -0.1) is 0 Å². The Kier molecular flexibility index (Phi) is 5.85. The molecule has 1 fully saturated rings. The van der Waals surface area contributed by atoms with Crippen molar-refractivity contribution in [3.8, 4) is 0 Å². The molecule has 1 saturated carbocycles. The SMILES string of the molecule is CNc1ncc(C(=O)NCCC2CCCC(C)C2)cc1Cl. The lowest BCUT2D eigenvalue weighted by Crippen LogP contribution is -2.27. The van der Waals surface area contributed by atoms with Crippen molar-refractivity contribution in [3.05, 3.63) is 22.8 Å². The van der Waals surface area contributed by atoms with Crippen molar-refractivity contribution in [1.82, 2.24) is 10.3 Å². The lowest BCUT2D eigenvalue weighted by molar-refractivity contribution is 0.0949. The number of rotatable bonds is 5. The monoisotopic (exact) mass is 309 g/mol. The van der Waals surface area contributed by atoms with E-state index in [1.165, 1.54) is 25.7 Å². The third-order valence-electron chi connectivity index (χ3n) is 4.22. The predicted octanol–water partition coefficient (Wildman–Crippen LogP) is 3.72. The first-order chi connectivity index (χ1) is 10.1. The Morgan fingerprint density at radius 3 is 2.95 bits per heavy atom. The molecule has 0 aliphatic heterocycles. The van der Waals surface area contributed by atoms with Crippen LogP contribution in [0.3, 0.4) is 0 Å². The maximum atomic E-state index is 12.1. The molecule has 1 aliphatic rings. The van der Waals surface area contributed by atoms with Crippen LogP contribution < -0.4 is 10.6 Å². The molecule has 0 bridgehead atoms. The maximum absolute atomic E-state index is 12.1. The quantitative estimate of drug-likeness (QED) is 0.871. The third-order valence-corrected chi connectivity index (χ3v) is 4.51. The minimum atomic E-state index is -0.101. The summed E-state index contributed by atoms with van der Waals surface area (Å²) in [6.45, 7) is 3.04. The van der Waals surface area contributed by atoms with Crippen LogP contribution >= 0.6 is 11.6 Å². The number of hydrogen-bond acceptors (Lipinski definition) is 3. The van der Waals surface area contributed by atoms with Gasteiger partial charge in [-0.1, -0.05) is 37.8 Å². The molecule has 0 saturated heterocycles. The molecule has 2 unspecified atom stereocenters. The second-order valence-electron chi connectivity index (χ2n) is 5.99. The van der Waals surface area contributed by atoms with E-state index in [9.17, 15) is 4.79 Å². The number of anilines is 1. The largest absolute Gasteiger partial charge is 0.372 e. The molecule has 1 aromatic rings.